The fourth-order valence-corrected chi connectivity index (χ4v) is 3.92. The maximum absolute atomic E-state index is 12.5. The highest BCUT2D eigenvalue weighted by atomic mass is 32.2. The Morgan fingerprint density at radius 3 is 2.70 bits per heavy atom. The van der Waals surface area contributed by atoms with Gasteiger partial charge in [0.2, 0.25) is 5.91 Å². The number of aromatic nitrogens is 2. The van der Waals surface area contributed by atoms with E-state index >= 15 is 0 Å². The van der Waals surface area contributed by atoms with Gasteiger partial charge in [0.1, 0.15) is 4.70 Å². The van der Waals surface area contributed by atoms with Gasteiger partial charge >= 0.3 is 0 Å². The van der Waals surface area contributed by atoms with Crippen LogP contribution < -0.4 is 11.3 Å². The normalized spacial score (nSPS) is 11.0. The van der Waals surface area contributed by atoms with Gasteiger partial charge < -0.3 is 5.73 Å². The van der Waals surface area contributed by atoms with E-state index in [1.54, 1.807) is 7.05 Å². The molecular weight excluding hydrogens is 330 g/mol. The van der Waals surface area contributed by atoms with Crippen LogP contribution in [0, 0.1) is 6.92 Å². The molecule has 3 rings (SSSR count). The first-order valence-electron chi connectivity index (χ1n) is 6.93. The third-order valence-corrected chi connectivity index (χ3v) is 5.47. The van der Waals surface area contributed by atoms with Crippen molar-refractivity contribution in [2.45, 2.75) is 12.1 Å². The molecule has 2 heterocycles. The van der Waals surface area contributed by atoms with Crippen molar-refractivity contribution in [2.24, 2.45) is 12.8 Å². The summed E-state index contributed by atoms with van der Waals surface area (Å²) in [4.78, 5) is 28.1. The minimum atomic E-state index is -0.437. The maximum atomic E-state index is 12.5. The van der Waals surface area contributed by atoms with E-state index in [9.17, 15) is 9.59 Å². The van der Waals surface area contributed by atoms with Gasteiger partial charge in [-0.25, -0.2) is 4.98 Å². The van der Waals surface area contributed by atoms with Crippen molar-refractivity contribution >= 4 is 39.2 Å². The highest BCUT2D eigenvalue weighted by Gasteiger charge is 2.15. The smallest absolute Gasteiger partial charge is 0.271 e. The number of aryl methyl sites for hydroxylation is 1. The number of fused-ring (bicyclic) bond motifs is 1. The van der Waals surface area contributed by atoms with Gasteiger partial charge in [0, 0.05) is 18.0 Å². The van der Waals surface area contributed by atoms with E-state index in [0.717, 1.165) is 11.1 Å². The molecule has 0 atom stereocenters. The van der Waals surface area contributed by atoms with E-state index in [1.807, 2.05) is 36.6 Å². The van der Waals surface area contributed by atoms with Crippen LogP contribution in [0.15, 0.2) is 39.6 Å². The lowest BCUT2D eigenvalue weighted by molar-refractivity contribution is -0.115. The molecule has 2 N–H and O–H groups in total. The Balaban J connectivity index is 2.16. The topological polar surface area (TPSA) is 78.0 Å². The predicted octanol–water partition coefficient (Wildman–Crippen LogP) is 2.55. The summed E-state index contributed by atoms with van der Waals surface area (Å²) in [6.07, 6.45) is 0. The molecule has 1 aromatic carbocycles. The van der Waals surface area contributed by atoms with Gasteiger partial charge in [0.25, 0.3) is 5.56 Å². The van der Waals surface area contributed by atoms with Gasteiger partial charge in [0.05, 0.1) is 11.3 Å². The number of nitrogens with zero attached hydrogens (tertiary/aromatic N) is 2. The van der Waals surface area contributed by atoms with Crippen LogP contribution in [0.2, 0.25) is 0 Å². The minimum absolute atomic E-state index is 0.0930. The average Bonchev–Trinajstić information content (AvgIpc) is 2.94. The monoisotopic (exact) mass is 345 g/mol. The summed E-state index contributed by atoms with van der Waals surface area (Å²) < 4.78 is 2.08. The van der Waals surface area contributed by atoms with Gasteiger partial charge in [-0.1, -0.05) is 41.6 Å². The Bertz CT molecular complexity index is 942. The zero-order chi connectivity index (χ0) is 16.6. The third kappa shape index (κ3) is 3.02. The van der Waals surface area contributed by atoms with Crippen LogP contribution >= 0.6 is 23.1 Å². The SMILES string of the molecule is Cc1ccc(-c2csc3c(=O)n(C)c(SCC(N)=O)nc23)cc1. The van der Waals surface area contributed by atoms with Crippen LogP contribution in [0.5, 0.6) is 0 Å². The van der Waals surface area contributed by atoms with Gasteiger partial charge in [-0.05, 0) is 12.5 Å². The van der Waals surface area contributed by atoms with E-state index in [1.165, 1.54) is 33.2 Å². The molecule has 2 aromatic heterocycles. The molecule has 0 radical (unpaired) electrons. The molecule has 0 unspecified atom stereocenters. The number of hydrogen-bond donors (Lipinski definition) is 1. The van der Waals surface area contributed by atoms with Gasteiger partial charge in [-0.3, -0.25) is 14.2 Å². The number of benzene rings is 1. The summed E-state index contributed by atoms with van der Waals surface area (Å²) in [6.45, 7) is 2.03. The number of nitrogens with two attached hydrogens (primary N) is 1. The second kappa shape index (κ2) is 6.17. The van der Waals surface area contributed by atoms with Gasteiger partial charge in [0.15, 0.2) is 5.16 Å². The van der Waals surface area contributed by atoms with Crippen molar-refractivity contribution in [1.82, 2.24) is 9.55 Å². The van der Waals surface area contributed by atoms with E-state index in [-0.39, 0.29) is 11.3 Å². The molecule has 0 aliphatic carbocycles. The summed E-state index contributed by atoms with van der Waals surface area (Å²) in [6, 6.07) is 8.10. The second-order valence-electron chi connectivity index (χ2n) is 5.21. The molecule has 0 aliphatic rings. The van der Waals surface area contributed by atoms with Crippen molar-refractivity contribution in [2.75, 3.05) is 5.75 Å². The maximum Gasteiger partial charge on any atom is 0.271 e. The lowest BCUT2D eigenvalue weighted by atomic mass is 10.1. The summed E-state index contributed by atoms with van der Waals surface area (Å²) in [5, 5.41) is 2.44. The third-order valence-electron chi connectivity index (χ3n) is 3.46. The van der Waals surface area contributed by atoms with E-state index in [0.29, 0.717) is 15.4 Å². The number of carbonyl (C=O) groups excluding carboxylic acids is 1. The van der Waals surface area contributed by atoms with Gasteiger partial charge in [-0.15, -0.1) is 11.3 Å². The lowest BCUT2D eigenvalue weighted by Gasteiger charge is -2.07. The minimum Gasteiger partial charge on any atom is -0.369 e. The molecule has 0 bridgehead atoms. The quantitative estimate of drug-likeness (QED) is 0.582. The first-order chi connectivity index (χ1) is 11.0. The van der Waals surface area contributed by atoms with Crippen molar-refractivity contribution in [3.63, 3.8) is 0 Å². The fraction of sp³-hybridized carbons (Fsp3) is 0.188. The Labute approximate surface area is 141 Å². The molecule has 0 fully saturated rings. The van der Waals surface area contributed by atoms with E-state index < -0.39 is 5.91 Å². The van der Waals surface area contributed by atoms with Crippen LogP contribution in [0.1, 0.15) is 5.56 Å². The Morgan fingerprint density at radius 1 is 1.35 bits per heavy atom. The first kappa shape index (κ1) is 15.8. The van der Waals surface area contributed by atoms with Crippen LogP contribution in [0.4, 0.5) is 0 Å². The van der Waals surface area contributed by atoms with Crippen LogP contribution in [-0.2, 0) is 11.8 Å². The molecule has 0 saturated heterocycles. The van der Waals surface area contributed by atoms with Crippen molar-refractivity contribution < 1.29 is 4.79 Å². The lowest BCUT2D eigenvalue weighted by Crippen LogP contribution is -2.20. The molecule has 3 aromatic rings. The Morgan fingerprint density at radius 2 is 2.04 bits per heavy atom. The van der Waals surface area contributed by atoms with E-state index in [2.05, 4.69) is 4.98 Å². The predicted molar refractivity (Wildman–Crippen MR) is 95.0 cm³/mol. The van der Waals surface area contributed by atoms with Crippen molar-refractivity contribution in [3.05, 3.63) is 45.6 Å². The highest BCUT2D eigenvalue weighted by molar-refractivity contribution is 7.99. The number of hydrogen-bond acceptors (Lipinski definition) is 5. The number of thiophene rings is 1. The molecule has 7 heteroatoms. The number of carbonyl (C=O) groups is 1. The molecule has 5 nitrogen and oxygen atoms in total. The summed E-state index contributed by atoms with van der Waals surface area (Å²) in [7, 11) is 1.66. The van der Waals surface area contributed by atoms with Crippen LogP contribution in [0.25, 0.3) is 21.3 Å². The molecule has 0 saturated carbocycles. The van der Waals surface area contributed by atoms with Crippen molar-refractivity contribution in [3.8, 4) is 11.1 Å². The number of amides is 1. The Kier molecular flexibility index (Phi) is 4.23. The standard InChI is InChI=1S/C16H15N3O2S2/c1-9-3-5-10(6-4-9)11-7-22-14-13(11)18-16(19(2)15(14)21)23-8-12(17)20/h3-7H,8H2,1-2H3,(H2,17,20). The molecule has 0 aliphatic heterocycles. The van der Waals surface area contributed by atoms with E-state index in [4.69, 9.17) is 5.73 Å². The molecule has 1 amide bonds. The summed E-state index contributed by atoms with van der Waals surface area (Å²) in [5.41, 5.74) is 8.88. The number of thioether (sulfide) groups is 1. The second-order valence-corrected chi connectivity index (χ2v) is 7.03. The average molecular weight is 345 g/mol. The largest absolute Gasteiger partial charge is 0.369 e. The summed E-state index contributed by atoms with van der Waals surface area (Å²) in [5.74, 6) is -0.344. The molecule has 118 valence electrons. The summed E-state index contributed by atoms with van der Waals surface area (Å²) >= 11 is 2.57. The van der Waals surface area contributed by atoms with Gasteiger partial charge in [-0.2, -0.15) is 0 Å². The zero-order valence-corrected chi connectivity index (χ0v) is 14.3. The fourth-order valence-electron chi connectivity index (χ4n) is 2.23. The first-order valence-corrected chi connectivity index (χ1v) is 8.80. The van der Waals surface area contributed by atoms with Crippen LogP contribution in [0.3, 0.4) is 0 Å². The number of primary amides is 1. The number of rotatable bonds is 4. The molecular formula is C16H15N3O2S2. The zero-order valence-electron chi connectivity index (χ0n) is 12.7. The van der Waals surface area contributed by atoms with Crippen molar-refractivity contribution in [1.29, 1.82) is 0 Å². The highest BCUT2D eigenvalue weighted by Crippen LogP contribution is 2.32. The molecule has 0 spiro atoms. The Hall–Kier alpha value is -2.12. The van der Waals surface area contributed by atoms with Crippen LogP contribution in [-0.4, -0.2) is 21.2 Å². The molecule has 23 heavy (non-hydrogen) atoms.